The maximum atomic E-state index is 12.8. The molecule has 0 saturated heterocycles. The van der Waals surface area contributed by atoms with E-state index in [1.165, 1.54) is 17.6 Å². The minimum Gasteiger partial charge on any atom is -0.476 e. The SMILES string of the molecule is O=C(O)c1csc(-c2ccnc(F)c2)n1. The van der Waals surface area contributed by atoms with E-state index in [1.807, 2.05) is 0 Å². The second-order valence-electron chi connectivity index (χ2n) is 2.71. The molecule has 0 spiro atoms. The van der Waals surface area contributed by atoms with E-state index >= 15 is 0 Å². The molecule has 0 bridgehead atoms. The lowest BCUT2D eigenvalue weighted by molar-refractivity contribution is 0.0691. The zero-order valence-electron chi connectivity index (χ0n) is 7.35. The lowest BCUT2D eigenvalue weighted by atomic mass is 10.3. The van der Waals surface area contributed by atoms with Gasteiger partial charge in [-0.15, -0.1) is 11.3 Å². The van der Waals surface area contributed by atoms with Gasteiger partial charge in [-0.3, -0.25) is 0 Å². The smallest absolute Gasteiger partial charge is 0.355 e. The normalized spacial score (nSPS) is 10.2. The molecule has 0 aliphatic carbocycles. The zero-order chi connectivity index (χ0) is 10.8. The van der Waals surface area contributed by atoms with E-state index in [9.17, 15) is 9.18 Å². The Balaban J connectivity index is 2.41. The van der Waals surface area contributed by atoms with Crippen LogP contribution in [0.25, 0.3) is 10.6 Å². The van der Waals surface area contributed by atoms with Crippen molar-refractivity contribution >= 4 is 17.3 Å². The number of rotatable bonds is 2. The average molecular weight is 224 g/mol. The third-order valence-corrected chi connectivity index (χ3v) is 2.59. The summed E-state index contributed by atoms with van der Waals surface area (Å²) >= 11 is 1.15. The van der Waals surface area contributed by atoms with E-state index < -0.39 is 11.9 Å². The Labute approximate surface area is 88.1 Å². The van der Waals surface area contributed by atoms with Gasteiger partial charge in [-0.2, -0.15) is 4.39 Å². The first-order valence-electron chi connectivity index (χ1n) is 3.97. The van der Waals surface area contributed by atoms with Crippen LogP contribution in [0.5, 0.6) is 0 Å². The summed E-state index contributed by atoms with van der Waals surface area (Å²) in [5, 5.41) is 10.5. The second kappa shape index (κ2) is 3.74. The van der Waals surface area contributed by atoms with Crippen LogP contribution in [-0.2, 0) is 0 Å². The van der Waals surface area contributed by atoms with Gasteiger partial charge in [0.2, 0.25) is 5.95 Å². The van der Waals surface area contributed by atoms with E-state index in [2.05, 4.69) is 9.97 Å². The van der Waals surface area contributed by atoms with E-state index in [1.54, 1.807) is 6.07 Å². The number of carboxylic acid groups (broad SMARTS) is 1. The first kappa shape index (κ1) is 9.72. The fraction of sp³-hybridized carbons (Fsp3) is 0. The molecule has 76 valence electrons. The minimum atomic E-state index is -1.09. The van der Waals surface area contributed by atoms with Gasteiger partial charge in [0.05, 0.1) is 0 Å². The van der Waals surface area contributed by atoms with Gasteiger partial charge in [0.15, 0.2) is 5.69 Å². The maximum Gasteiger partial charge on any atom is 0.355 e. The molecule has 0 saturated carbocycles. The lowest BCUT2D eigenvalue weighted by Gasteiger charge is -1.94. The third kappa shape index (κ3) is 1.99. The number of carbonyl (C=O) groups is 1. The highest BCUT2D eigenvalue weighted by atomic mass is 32.1. The number of pyridine rings is 1. The van der Waals surface area contributed by atoms with Crippen LogP contribution in [0.4, 0.5) is 4.39 Å². The molecule has 2 aromatic heterocycles. The van der Waals surface area contributed by atoms with Crippen LogP contribution in [0.1, 0.15) is 10.5 Å². The van der Waals surface area contributed by atoms with Crippen molar-refractivity contribution in [3.63, 3.8) is 0 Å². The quantitative estimate of drug-likeness (QED) is 0.793. The van der Waals surface area contributed by atoms with Crippen LogP contribution in [0.15, 0.2) is 23.7 Å². The highest BCUT2D eigenvalue weighted by Gasteiger charge is 2.10. The summed E-state index contributed by atoms with van der Waals surface area (Å²) in [5.41, 5.74) is 0.493. The van der Waals surface area contributed by atoms with E-state index in [-0.39, 0.29) is 5.69 Å². The Morgan fingerprint density at radius 1 is 1.53 bits per heavy atom. The first-order valence-corrected chi connectivity index (χ1v) is 4.85. The van der Waals surface area contributed by atoms with Crippen molar-refractivity contribution < 1.29 is 14.3 Å². The van der Waals surface area contributed by atoms with E-state index in [0.717, 1.165) is 11.3 Å². The summed E-state index contributed by atoms with van der Waals surface area (Å²) in [6.45, 7) is 0. The predicted octanol–water partition coefficient (Wildman–Crippen LogP) is 2.04. The van der Waals surface area contributed by atoms with Crippen molar-refractivity contribution in [3.8, 4) is 10.6 Å². The molecule has 0 atom stereocenters. The number of nitrogens with zero attached hydrogens (tertiary/aromatic N) is 2. The van der Waals surface area contributed by atoms with Crippen molar-refractivity contribution in [1.29, 1.82) is 0 Å². The third-order valence-electron chi connectivity index (χ3n) is 1.70. The first-order chi connectivity index (χ1) is 7.16. The Morgan fingerprint density at radius 2 is 2.33 bits per heavy atom. The molecule has 15 heavy (non-hydrogen) atoms. The molecule has 2 heterocycles. The molecule has 4 nitrogen and oxygen atoms in total. The topological polar surface area (TPSA) is 63.1 Å². The van der Waals surface area contributed by atoms with Crippen molar-refractivity contribution in [1.82, 2.24) is 9.97 Å². The monoisotopic (exact) mass is 224 g/mol. The van der Waals surface area contributed by atoms with Gasteiger partial charge in [-0.25, -0.2) is 14.8 Å². The summed E-state index contributed by atoms with van der Waals surface area (Å²) in [6.07, 6.45) is 1.31. The summed E-state index contributed by atoms with van der Waals surface area (Å²) in [6, 6.07) is 2.79. The molecule has 0 fully saturated rings. The lowest BCUT2D eigenvalue weighted by Crippen LogP contribution is -1.95. The Bertz CT molecular complexity index is 512. The fourth-order valence-electron chi connectivity index (χ4n) is 1.04. The molecule has 2 aromatic rings. The molecule has 0 aliphatic heterocycles. The second-order valence-corrected chi connectivity index (χ2v) is 3.57. The minimum absolute atomic E-state index is 0.0350. The highest BCUT2D eigenvalue weighted by molar-refractivity contribution is 7.13. The van der Waals surface area contributed by atoms with Crippen LogP contribution in [-0.4, -0.2) is 21.0 Å². The largest absolute Gasteiger partial charge is 0.476 e. The molecule has 6 heteroatoms. The number of hydrogen-bond donors (Lipinski definition) is 1. The number of aromatic carboxylic acids is 1. The van der Waals surface area contributed by atoms with Gasteiger partial charge in [0.25, 0.3) is 0 Å². The van der Waals surface area contributed by atoms with Crippen LogP contribution in [0.2, 0.25) is 0 Å². The summed E-state index contributed by atoms with van der Waals surface area (Å²) in [4.78, 5) is 17.8. The molecular formula is C9H5FN2O2S. The van der Waals surface area contributed by atoms with Gasteiger partial charge in [-0.05, 0) is 6.07 Å². The van der Waals surface area contributed by atoms with Crippen molar-refractivity contribution in [3.05, 3.63) is 35.4 Å². The van der Waals surface area contributed by atoms with Gasteiger partial charge >= 0.3 is 5.97 Å². The number of aromatic nitrogens is 2. The molecule has 0 aromatic carbocycles. The molecule has 0 amide bonds. The molecule has 2 rings (SSSR count). The summed E-state index contributed by atoms with van der Waals surface area (Å²) in [5.74, 6) is -1.70. The van der Waals surface area contributed by atoms with Crippen molar-refractivity contribution in [2.45, 2.75) is 0 Å². The van der Waals surface area contributed by atoms with Crippen LogP contribution >= 0.6 is 11.3 Å². The average Bonchev–Trinajstić information content (AvgIpc) is 2.66. The molecule has 0 unspecified atom stereocenters. The Kier molecular flexibility index (Phi) is 2.42. The van der Waals surface area contributed by atoms with E-state index in [4.69, 9.17) is 5.11 Å². The van der Waals surface area contributed by atoms with Crippen molar-refractivity contribution in [2.24, 2.45) is 0 Å². The Hall–Kier alpha value is -1.82. The Morgan fingerprint density at radius 3 is 2.93 bits per heavy atom. The molecule has 0 radical (unpaired) electrons. The van der Waals surface area contributed by atoms with Crippen molar-refractivity contribution in [2.75, 3.05) is 0 Å². The molecular weight excluding hydrogens is 219 g/mol. The molecule has 0 aliphatic rings. The zero-order valence-corrected chi connectivity index (χ0v) is 8.16. The van der Waals surface area contributed by atoms with Crippen LogP contribution in [0.3, 0.4) is 0 Å². The van der Waals surface area contributed by atoms with E-state index in [0.29, 0.717) is 10.6 Å². The summed E-state index contributed by atoms with van der Waals surface area (Å²) in [7, 11) is 0. The molecule has 1 N–H and O–H groups in total. The predicted molar refractivity (Wildman–Crippen MR) is 52.3 cm³/mol. The fourth-order valence-corrected chi connectivity index (χ4v) is 1.83. The summed E-state index contributed by atoms with van der Waals surface area (Å²) < 4.78 is 12.8. The van der Waals surface area contributed by atoms with Gasteiger partial charge in [0, 0.05) is 23.2 Å². The highest BCUT2D eigenvalue weighted by Crippen LogP contribution is 2.23. The van der Waals surface area contributed by atoms with Gasteiger partial charge in [-0.1, -0.05) is 0 Å². The van der Waals surface area contributed by atoms with Crippen LogP contribution < -0.4 is 0 Å². The standard InChI is InChI=1S/C9H5FN2O2S/c10-7-3-5(1-2-11-7)8-12-6(4-15-8)9(13)14/h1-4H,(H,13,14). The number of hydrogen-bond acceptors (Lipinski definition) is 4. The number of halogens is 1. The van der Waals surface area contributed by atoms with Gasteiger partial charge in [0.1, 0.15) is 5.01 Å². The van der Waals surface area contributed by atoms with Gasteiger partial charge < -0.3 is 5.11 Å². The number of thiazole rings is 1. The number of carboxylic acids is 1. The maximum absolute atomic E-state index is 12.8. The van der Waals surface area contributed by atoms with Crippen LogP contribution in [0, 0.1) is 5.95 Å².